The third-order valence-electron chi connectivity index (χ3n) is 3.93. The van der Waals surface area contributed by atoms with Crippen molar-refractivity contribution >= 4 is 11.7 Å². The van der Waals surface area contributed by atoms with Crippen molar-refractivity contribution in [2.75, 3.05) is 0 Å². The maximum absolute atomic E-state index is 12.3. The van der Waals surface area contributed by atoms with E-state index in [1.165, 1.54) is 11.3 Å². The molecule has 3 aromatic rings. The maximum Gasteiger partial charge on any atom is 0.289 e. The Labute approximate surface area is 126 Å². The van der Waals surface area contributed by atoms with Gasteiger partial charge in [-0.15, -0.1) is 10.2 Å². The molecule has 112 valence electrons. The Hall–Kier alpha value is -2.77. The quantitative estimate of drug-likeness (QED) is 0.736. The van der Waals surface area contributed by atoms with Gasteiger partial charge in [0.05, 0.1) is 12.2 Å². The Morgan fingerprint density at radius 1 is 1.41 bits per heavy atom. The van der Waals surface area contributed by atoms with Crippen LogP contribution in [-0.4, -0.2) is 35.7 Å². The van der Waals surface area contributed by atoms with Crippen LogP contribution in [-0.2, 0) is 19.4 Å². The minimum Gasteiger partial charge on any atom is -0.344 e. The highest BCUT2D eigenvalue weighted by Gasteiger charge is 2.20. The molecule has 22 heavy (non-hydrogen) atoms. The molecule has 0 fully saturated rings. The van der Waals surface area contributed by atoms with Crippen molar-refractivity contribution in [3.05, 3.63) is 40.7 Å². The number of hydrogen-bond donors (Lipinski definition) is 2. The van der Waals surface area contributed by atoms with E-state index in [1.807, 2.05) is 13.0 Å². The van der Waals surface area contributed by atoms with Crippen molar-refractivity contribution in [2.45, 2.75) is 32.7 Å². The number of rotatable bonds is 3. The Bertz CT molecular complexity index is 863. The minimum absolute atomic E-state index is 0.231. The Balaban J connectivity index is 1.54. The highest BCUT2D eigenvalue weighted by molar-refractivity contribution is 5.91. The summed E-state index contributed by atoms with van der Waals surface area (Å²) in [5, 5.41) is 18.0. The molecule has 0 aromatic carbocycles. The fourth-order valence-corrected chi connectivity index (χ4v) is 2.81. The van der Waals surface area contributed by atoms with Crippen LogP contribution in [0.5, 0.6) is 0 Å². The van der Waals surface area contributed by atoms with Crippen molar-refractivity contribution in [3.63, 3.8) is 0 Å². The van der Waals surface area contributed by atoms with Gasteiger partial charge in [-0.05, 0) is 37.8 Å². The van der Waals surface area contributed by atoms with Crippen LogP contribution in [0.3, 0.4) is 0 Å². The number of nitrogens with one attached hydrogen (secondary N) is 2. The monoisotopic (exact) mass is 297 g/mol. The lowest BCUT2D eigenvalue weighted by molar-refractivity contribution is 0.0938. The third-order valence-corrected chi connectivity index (χ3v) is 3.93. The Morgan fingerprint density at radius 2 is 2.32 bits per heavy atom. The normalized spacial score (nSPS) is 13.5. The fourth-order valence-electron chi connectivity index (χ4n) is 2.81. The predicted octanol–water partition coefficient (Wildman–Crippen LogP) is 0.575. The summed E-state index contributed by atoms with van der Waals surface area (Å²) < 4.78 is 1.58. The van der Waals surface area contributed by atoms with Crippen LogP contribution >= 0.6 is 0 Å². The number of nitrogens with zero attached hydrogens (tertiary/aromatic N) is 5. The number of aromatic nitrogens is 6. The third kappa shape index (κ3) is 2.03. The number of fused-ring (bicyclic) bond motifs is 2. The van der Waals surface area contributed by atoms with E-state index in [-0.39, 0.29) is 11.7 Å². The molecule has 1 aliphatic rings. The molecule has 2 N–H and O–H groups in total. The molecule has 0 spiro atoms. The largest absolute Gasteiger partial charge is 0.344 e. The number of carbonyl (C=O) groups is 1. The van der Waals surface area contributed by atoms with Gasteiger partial charge in [-0.2, -0.15) is 5.10 Å². The van der Waals surface area contributed by atoms with Gasteiger partial charge < -0.3 is 5.32 Å². The lowest BCUT2D eigenvalue weighted by atomic mass is 10.2. The second kappa shape index (κ2) is 4.90. The summed E-state index contributed by atoms with van der Waals surface area (Å²) in [5.74, 6) is 0.369. The van der Waals surface area contributed by atoms with Gasteiger partial charge >= 0.3 is 0 Å². The first-order chi connectivity index (χ1) is 10.7. The van der Waals surface area contributed by atoms with Crippen LogP contribution in [0.1, 0.15) is 39.7 Å². The molecule has 0 saturated carbocycles. The highest BCUT2D eigenvalue weighted by atomic mass is 16.2. The zero-order chi connectivity index (χ0) is 15.1. The molecule has 0 unspecified atom stereocenters. The fraction of sp³-hybridized carbons (Fsp3) is 0.357. The average molecular weight is 297 g/mol. The van der Waals surface area contributed by atoms with E-state index in [0.717, 1.165) is 30.7 Å². The standard InChI is InChI=1S/C14H15N7O/c1-8-5-6-21-12(19-20-14(21)16-8)13(22)15-7-11-9-3-2-4-10(9)17-18-11/h5-6H,2-4,7H2,1H3,(H,15,22)(H,17,18). The van der Waals surface area contributed by atoms with Crippen LogP contribution < -0.4 is 5.32 Å². The number of hydrogen-bond acceptors (Lipinski definition) is 5. The van der Waals surface area contributed by atoms with E-state index in [9.17, 15) is 4.79 Å². The van der Waals surface area contributed by atoms with Gasteiger partial charge in [0.1, 0.15) is 0 Å². The van der Waals surface area contributed by atoms with Gasteiger partial charge in [0.25, 0.3) is 11.7 Å². The minimum atomic E-state index is -0.284. The van der Waals surface area contributed by atoms with E-state index in [4.69, 9.17) is 0 Å². The molecule has 4 rings (SSSR count). The van der Waals surface area contributed by atoms with Gasteiger partial charge in [0.15, 0.2) is 0 Å². The first kappa shape index (κ1) is 12.9. The van der Waals surface area contributed by atoms with E-state index < -0.39 is 0 Å². The number of aromatic amines is 1. The molecule has 8 nitrogen and oxygen atoms in total. The van der Waals surface area contributed by atoms with Crippen LogP contribution in [0.4, 0.5) is 0 Å². The summed E-state index contributed by atoms with van der Waals surface area (Å²) in [5.41, 5.74) is 4.17. The first-order valence-corrected chi connectivity index (χ1v) is 7.24. The summed E-state index contributed by atoms with van der Waals surface area (Å²) in [4.78, 5) is 16.5. The topological polar surface area (TPSA) is 101 Å². The van der Waals surface area contributed by atoms with Gasteiger partial charge in [-0.1, -0.05) is 0 Å². The van der Waals surface area contributed by atoms with Gasteiger partial charge in [-0.25, -0.2) is 4.98 Å². The molecule has 3 heterocycles. The number of carbonyl (C=O) groups excluding carboxylic acids is 1. The van der Waals surface area contributed by atoms with Crippen LogP contribution in [0, 0.1) is 6.92 Å². The predicted molar refractivity (Wildman–Crippen MR) is 77.3 cm³/mol. The Kier molecular flexibility index (Phi) is 2.88. The van der Waals surface area contributed by atoms with Gasteiger partial charge in [0.2, 0.25) is 5.82 Å². The van der Waals surface area contributed by atoms with Crippen LogP contribution in [0.25, 0.3) is 5.78 Å². The molecule has 1 amide bonds. The summed E-state index contributed by atoms with van der Waals surface area (Å²) in [7, 11) is 0. The second-order valence-corrected chi connectivity index (χ2v) is 5.43. The summed E-state index contributed by atoms with van der Waals surface area (Å²) in [6.07, 6.45) is 4.95. The van der Waals surface area contributed by atoms with Crippen molar-refractivity contribution < 1.29 is 4.79 Å². The van der Waals surface area contributed by atoms with Crippen LogP contribution in [0.15, 0.2) is 12.3 Å². The molecular weight excluding hydrogens is 282 g/mol. The highest BCUT2D eigenvalue weighted by Crippen LogP contribution is 2.22. The maximum atomic E-state index is 12.3. The SMILES string of the molecule is Cc1ccn2c(C(=O)NCc3n[nH]c4c3CCC4)nnc2n1. The van der Waals surface area contributed by atoms with Crippen molar-refractivity contribution in [2.24, 2.45) is 0 Å². The van der Waals surface area contributed by atoms with E-state index in [1.54, 1.807) is 10.6 Å². The van der Waals surface area contributed by atoms with Gasteiger partial charge in [-0.3, -0.25) is 14.3 Å². The first-order valence-electron chi connectivity index (χ1n) is 7.24. The zero-order valence-corrected chi connectivity index (χ0v) is 12.1. The molecule has 0 aliphatic heterocycles. The number of aryl methyl sites for hydroxylation is 2. The average Bonchev–Trinajstić information content (AvgIpc) is 3.19. The van der Waals surface area contributed by atoms with E-state index >= 15 is 0 Å². The molecule has 1 aliphatic carbocycles. The lowest BCUT2D eigenvalue weighted by Gasteiger charge is -2.03. The van der Waals surface area contributed by atoms with Gasteiger partial charge in [0, 0.05) is 17.6 Å². The molecule has 0 radical (unpaired) electrons. The van der Waals surface area contributed by atoms with E-state index in [2.05, 4.69) is 30.7 Å². The smallest absolute Gasteiger partial charge is 0.289 e. The van der Waals surface area contributed by atoms with Crippen molar-refractivity contribution in [3.8, 4) is 0 Å². The van der Waals surface area contributed by atoms with Crippen molar-refractivity contribution in [1.29, 1.82) is 0 Å². The van der Waals surface area contributed by atoms with Crippen LogP contribution in [0.2, 0.25) is 0 Å². The molecule has 0 bridgehead atoms. The molecule has 8 heteroatoms. The zero-order valence-electron chi connectivity index (χ0n) is 12.1. The number of H-pyrrole nitrogens is 1. The molecule has 0 atom stereocenters. The molecule has 3 aromatic heterocycles. The Morgan fingerprint density at radius 3 is 3.23 bits per heavy atom. The molecular formula is C14H15N7O. The summed E-state index contributed by atoms with van der Waals surface area (Å²) >= 11 is 0. The lowest BCUT2D eigenvalue weighted by Crippen LogP contribution is -2.25. The summed E-state index contributed by atoms with van der Waals surface area (Å²) in [6.45, 7) is 2.26. The van der Waals surface area contributed by atoms with Crippen molar-refractivity contribution in [1.82, 2.24) is 35.1 Å². The van der Waals surface area contributed by atoms with E-state index in [0.29, 0.717) is 12.3 Å². The second-order valence-electron chi connectivity index (χ2n) is 5.43. The summed E-state index contributed by atoms with van der Waals surface area (Å²) in [6, 6.07) is 1.81. The number of amides is 1. The molecule has 0 saturated heterocycles.